The van der Waals surface area contributed by atoms with Crippen LogP contribution in [0.5, 0.6) is 0 Å². The largest absolute Gasteiger partial charge is 0.357 e. The summed E-state index contributed by atoms with van der Waals surface area (Å²) in [6.07, 6.45) is -0.0811. The van der Waals surface area contributed by atoms with E-state index >= 15 is 0 Å². The first kappa shape index (κ1) is 11.9. The maximum Gasteiger partial charge on any atom is 0.0966 e. The first-order chi connectivity index (χ1) is 9.27. The minimum Gasteiger partial charge on any atom is -0.357 e. The molecule has 1 atom stereocenters. The van der Waals surface area contributed by atoms with Crippen LogP contribution in [0.1, 0.15) is 11.1 Å². The second kappa shape index (κ2) is 4.86. The molecule has 0 unspecified atom stereocenters. The molecule has 0 saturated heterocycles. The third kappa shape index (κ3) is 2.13. The molecular weight excluding hydrogens is 234 g/mol. The van der Waals surface area contributed by atoms with Gasteiger partial charge in [-0.3, -0.25) is 4.99 Å². The Hall–Kier alpha value is -2.13. The molecule has 3 rings (SSSR count). The summed E-state index contributed by atoms with van der Waals surface area (Å²) in [6.45, 7) is 0.607. The normalized spacial score (nSPS) is 18.5. The molecule has 0 amide bonds. The van der Waals surface area contributed by atoms with Gasteiger partial charge in [-0.25, -0.2) is 0 Å². The summed E-state index contributed by atoms with van der Waals surface area (Å²) in [6, 6.07) is 18.6. The number of benzodiazepines with no additional fused rings is 1. The predicted octanol–water partition coefficient (Wildman–Crippen LogP) is 2.26. The summed E-state index contributed by atoms with van der Waals surface area (Å²) in [5.41, 5.74) is 10.6. The standard InChI is InChI=1S/C16H17N3/c1-19-14-10-6-5-9-13(14)16(18-11-15(19)17)12-7-3-2-4-8-12/h2-10,15H,11,17H2,1H3/t15-/m1/s1. The molecule has 1 heterocycles. The van der Waals surface area contributed by atoms with Crippen LogP contribution in [0.15, 0.2) is 59.6 Å². The Bertz CT molecular complexity index is 604. The van der Waals surface area contributed by atoms with Gasteiger partial charge in [0.1, 0.15) is 0 Å². The van der Waals surface area contributed by atoms with E-state index in [-0.39, 0.29) is 6.17 Å². The van der Waals surface area contributed by atoms with E-state index in [2.05, 4.69) is 29.2 Å². The lowest BCUT2D eigenvalue weighted by Gasteiger charge is -2.25. The summed E-state index contributed by atoms with van der Waals surface area (Å²) < 4.78 is 0. The minimum atomic E-state index is -0.0811. The monoisotopic (exact) mass is 251 g/mol. The summed E-state index contributed by atoms with van der Waals surface area (Å²) in [5.74, 6) is 0. The van der Waals surface area contributed by atoms with Gasteiger partial charge in [-0.2, -0.15) is 0 Å². The molecule has 1 aliphatic rings. The number of hydrogen-bond donors (Lipinski definition) is 1. The summed E-state index contributed by atoms with van der Waals surface area (Å²) >= 11 is 0. The topological polar surface area (TPSA) is 41.6 Å². The maximum atomic E-state index is 6.15. The molecule has 96 valence electrons. The number of rotatable bonds is 1. The van der Waals surface area contributed by atoms with Gasteiger partial charge in [-0.15, -0.1) is 0 Å². The van der Waals surface area contributed by atoms with Crippen molar-refractivity contribution in [2.24, 2.45) is 10.7 Å². The number of nitrogens with two attached hydrogens (primary N) is 1. The fraction of sp³-hybridized carbons (Fsp3) is 0.188. The van der Waals surface area contributed by atoms with Gasteiger partial charge in [0.05, 0.1) is 18.4 Å². The Morgan fingerprint density at radius 1 is 1.05 bits per heavy atom. The molecule has 19 heavy (non-hydrogen) atoms. The third-order valence-corrected chi connectivity index (χ3v) is 3.52. The SMILES string of the molecule is CN1c2ccccc2C(c2ccccc2)=NC[C@@H]1N. The van der Waals surface area contributed by atoms with Gasteiger partial charge in [0.15, 0.2) is 0 Å². The van der Waals surface area contributed by atoms with Crippen molar-refractivity contribution >= 4 is 11.4 Å². The number of likely N-dealkylation sites (N-methyl/N-ethyl adjacent to an activating group) is 1. The van der Waals surface area contributed by atoms with Gasteiger partial charge >= 0.3 is 0 Å². The zero-order chi connectivity index (χ0) is 13.2. The molecule has 0 aliphatic carbocycles. The second-order valence-corrected chi connectivity index (χ2v) is 4.75. The molecule has 0 saturated carbocycles. The van der Waals surface area contributed by atoms with Crippen molar-refractivity contribution in [3.05, 3.63) is 65.7 Å². The van der Waals surface area contributed by atoms with Crippen LogP contribution >= 0.6 is 0 Å². The highest BCUT2D eigenvalue weighted by Crippen LogP contribution is 2.26. The smallest absolute Gasteiger partial charge is 0.0966 e. The van der Waals surface area contributed by atoms with Crippen LogP contribution in [0.25, 0.3) is 0 Å². The number of hydrogen-bond acceptors (Lipinski definition) is 3. The van der Waals surface area contributed by atoms with E-state index < -0.39 is 0 Å². The number of benzene rings is 2. The zero-order valence-electron chi connectivity index (χ0n) is 11.0. The van der Waals surface area contributed by atoms with Crippen LogP contribution in [-0.2, 0) is 0 Å². The molecule has 2 N–H and O–H groups in total. The summed E-state index contributed by atoms with van der Waals surface area (Å²) in [7, 11) is 2.02. The molecular formula is C16H17N3. The van der Waals surface area contributed by atoms with Crippen molar-refractivity contribution in [3.8, 4) is 0 Å². The Balaban J connectivity index is 2.17. The first-order valence-corrected chi connectivity index (χ1v) is 6.45. The van der Waals surface area contributed by atoms with Gasteiger partial charge in [0.25, 0.3) is 0 Å². The molecule has 0 spiro atoms. The lowest BCUT2D eigenvalue weighted by atomic mass is 10.0. The third-order valence-electron chi connectivity index (χ3n) is 3.52. The van der Waals surface area contributed by atoms with E-state index in [4.69, 9.17) is 10.7 Å². The lowest BCUT2D eigenvalue weighted by Crippen LogP contribution is -2.41. The number of aliphatic imine (C=N–C) groups is 1. The molecule has 0 radical (unpaired) electrons. The van der Waals surface area contributed by atoms with Crippen molar-refractivity contribution in [1.29, 1.82) is 0 Å². The van der Waals surface area contributed by atoms with Gasteiger partial charge in [0, 0.05) is 23.9 Å². The van der Waals surface area contributed by atoms with Gasteiger partial charge < -0.3 is 10.6 Å². The molecule has 2 aromatic rings. The lowest BCUT2D eigenvalue weighted by molar-refractivity contribution is 0.672. The van der Waals surface area contributed by atoms with Crippen molar-refractivity contribution in [1.82, 2.24) is 0 Å². The number of para-hydroxylation sites is 1. The molecule has 0 bridgehead atoms. The van der Waals surface area contributed by atoms with E-state index in [1.807, 2.05) is 37.4 Å². The first-order valence-electron chi connectivity index (χ1n) is 6.45. The molecule has 2 aromatic carbocycles. The molecule has 1 aliphatic heterocycles. The van der Waals surface area contributed by atoms with Crippen LogP contribution in [-0.4, -0.2) is 25.5 Å². The fourth-order valence-corrected chi connectivity index (χ4v) is 2.40. The molecule has 0 fully saturated rings. The average Bonchev–Trinajstić information content (AvgIpc) is 2.59. The number of nitrogens with zero attached hydrogens (tertiary/aromatic N) is 2. The van der Waals surface area contributed by atoms with Crippen LogP contribution < -0.4 is 10.6 Å². The average molecular weight is 251 g/mol. The van der Waals surface area contributed by atoms with E-state index in [0.29, 0.717) is 6.54 Å². The fourth-order valence-electron chi connectivity index (χ4n) is 2.40. The van der Waals surface area contributed by atoms with Gasteiger partial charge in [-0.05, 0) is 6.07 Å². The zero-order valence-corrected chi connectivity index (χ0v) is 11.0. The molecule has 3 nitrogen and oxygen atoms in total. The highest BCUT2D eigenvalue weighted by Gasteiger charge is 2.21. The van der Waals surface area contributed by atoms with Gasteiger partial charge in [-0.1, -0.05) is 48.5 Å². The van der Waals surface area contributed by atoms with Crippen LogP contribution in [0, 0.1) is 0 Å². The Kier molecular flexibility index (Phi) is 3.05. The Morgan fingerprint density at radius 2 is 1.74 bits per heavy atom. The quantitative estimate of drug-likeness (QED) is 0.844. The number of fused-ring (bicyclic) bond motifs is 1. The van der Waals surface area contributed by atoms with E-state index in [0.717, 1.165) is 22.5 Å². The van der Waals surface area contributed by atoms with Crippen molar-refractivity contribution in [3.63, 3.8) is 0 Å². The van der Waals surface area contributed by atoms with Crippen molar-refractivity contribution < 1.29 is 0 Å². The van der Waals surface area contributed by atoms with E-state index in [1.165, 1.54) is 0 Å². The van der Waals surface area contributed by atoms with Crippen LogP contribution in [0.3, 0.4) is 0 Å². The highest BCUT2D eigenvalue weighted by molar-refractivity contribution is 6.16. The second-order valence-electron chi connectivity index (χ2n) is 4.75. The summed E-state index contributed by atoms with van der Waals surface area (Å²) in [4.78, 5) is 6.81. The Morgan fingerprint density at radius 3 is 2.53 bits per heavy atom. The maximum absolute atomic E-state index is 6.15. The van der Waals surface area contributed by atoms with Crippen LogP contribution in [0.4, 0.5) is 5.69 Å². The van der Waals surface area contributed by atoms with Crippen molar-refractivity contribution in [2.45, 2.75) is 6.17 Å². The van der Waals surface area contributed by atoms with Crippen molar-refractivity contribution in [2.75, 3.05) is 18.5 Å². The van der Waals surface area contributed by atoms with Gasteiger partial charge in [0.2, 0.25) is 0 Å². The Labute approximate surface area is 113 Å². The minimum absolute atomic E-state index is 0.0811. The highest BCUT2D eigenvalue weighted by atomic mass is 15.2. The number of anilines is 1. The van der Waals surface area contributed by atoms with E-state index in [1.54, 1.807) is 0 Å². The predicted molar refractivity (Wildman–Crippen MR) is 79.8 cm³/mol. The summed E-state index contributed by atoms with van der Waals surface area (Å²) in [5, 5.41) is 0. The van der Waals surface area contributed by atoms with E-state index in [9.17, 15) is 0 Å². The van der Waals surface area contributed by atoms with Crippen LogP contribution in [0.2, 0.25) is 0 Å². The molecule has 0 aromatic heterocycles. The molecule has 3 heteroatoms.